The molecule has 3 aromatic rings. The van der Waals surface area contributed by atoms with Gasteiger partial charge in [0.2, 0.25) is 0 Å². The van der Waals surface area contributed by atoms with Gasteiger partial charge in [-0.3, -0.25) is 9.88 Å². The Morgan fingerprint density at radius 3 is 2.26 bits per heavy atom. The second kappa shape index (κ2) is 12.9. The molecule has 248 valence electrons. The average Bonchev–Trinajstić information content (AvgIpc) is 2.97. The minimum absolute atomic E-state index is 0.0366. The second-order valence-electron chi connectivity index (χ2n) is 14.5. The summed E-state index contributed by atoms with van der Waals surface area (Å²) in [7, 11) is 1.39. The Morgan fingerprint density at radius 1 is 1.02 bits per heavy atom. The quantitative estimate of drug-likeness (QED) is 0.271. The van der Waals surface area contributed by atoms with Gasteiger partial charge < -0.3 is 19.5 Å². The van der Waals surface area contributed by atoms with E-state index in [0.717, 1.165) is 59.6 Å². The first-order valence-corrected chi connectivity index (χ1v) is 16.1. The van der Waals surface area contributed by atoms with Crippen molar-refractivity contribution in [3.8, 4) is 16.9 Å². The van der Waals surface area contributed by atoms with Crippen LogP contribution in [0.25, 0.3) is 11.1 Å². The molecule has 1 fully saturated rings. The topological polar surface area (TPSA) is 75.1 Å². The standard InChI is InChI=1S/C37H47F2N3O4/c1-22-31(25-9-10-26-20-41(14-11-24(26)17-25)21-28-29(38)18-27(45-8)19-30(28)39)33(42-15-12-37(6,7)13-16-42)32(23(2)40-22)34(35(43)44)46-36(3,4)5/h9-10,17-19,34H,11-16,20-21H2,1-8H3,(H,43,44)/t34-/m0/s1. The van der Waals surface area contributed by atoms with E-state index in [1.807, 2.05) is 34.6 Å². The molecule has 0 unspecified atom stereocenters. The monoisotopic (exact) mass is 635 g/mol. The fraction of sp³-hybridized carbons (Fsp3) is 0.514. The fourth-order valence-electron chi connectivity index (χ4n) is 6.73. The zero-order valence-electron chi connectivity index (χ0n) is 28.4. The van der Waals surface area contributed by atoms with Gasteiger partial charge in [-0.05, 0) is 76.0 Å². The number of nitrogens with zero attached hydrogens (tertiary/aromatic N) is 3. The van der Waals surface area contributed by atoms with Crippen molar-refractivity contribution in [1.82, 2.24) is 9.88 Å². The molecule has 0 bridgehead atoms. The molecule has 2 aliphatic heterocycles. The molecule has 9 heteroatoms. The minimum Gasteiger partial charge on any atom is -0.497 e. The third kappa shape index (κ3) is 7.20. The lowest BCUT2D eigenvalue weighted by Gasteiger charge is -2.41. The summed E-state index contributed by atoms with van der Waals surface area (Å²) in [4.78, 5) is 22.1. The number of rotatable bonds is 8. The largest absolute Gasteiger partial charge is 0.497 e. The lowest BCUT2D eigenvalue weighted by molar-refractivity contribution is -0.160. The van der Waals surface area contributed by atoms with E-state index in [0.29, 0.717) is 30.8 Å². The molecule has 0 saturated carbocycles. The van der Waals surface area contributed by atoms with Gasteiger partial charge in [0.1, 0.15) is 17.4 Å². The van der Waals surface area contributed by atoms with E-state index in [1.54, 1.807) is 0 Å². The summed E-state index contributed by atoms with van der Waals surface area (Å²) < 4.78 is 40.7. The van der Waals surface area contributed by atoms with E-state index in [1.165, 1.54) is 19.2 Å². The molecule has 2 aliphatic rings. The Hall–Kier alpha value is -3.56. The fourth-order valence-corrected chi connectivity index (χ4v) is 6.73. The Bertz CT molecular complexity index is 1600. The molecular formula is C37H47F2N3O4. The normalized spacial score (nSPS) is 17.5. The van der Waals surface area contributed by atoms with E-state index in [9.17, 15) is 18.7 Å². The number of anilines is 1. The molecule has 0 spiro atoms. The highest BCUT2D eigenvalue weighted by Gasteiger charge is 2.36. The van der Waals surface area contributed by atoms with Crippen molar-refractivity contribution in [3.63, 3.8) is 0 Å². The number of hydrogen-bond donors (Lipinski definition) is 1. The molecule has 7 nitrogen and oxygen atoms in total. The number of pyridine rings is 1. The van der Waals surface area contributed by atoms with Crippen LogP contribution >= 0.6 is 0 Å². The number of methoxy groups -OCH3 is 1. The first-order valence-electron chi connectivity index (χ1n) is 16.1. The van der Waals surface area contributed by atoms with Gasteiger partial charge in [0.05, 0.1) is 18.4 Å². The van der Waals surface area contributed by atoms with Crippen LogP contribution < -0.4 is 9.64 Å². The molecule has 1 saturated heterocycles. The van der Waals surface area contributed by atoms with Crippen LogP contribution in [0.4, 0.5) is 14.5 Å². The second-order valence-corrected chi connectivity index (χ2v) is 14.5. The van der Waals surface area contributed by atoms with Crippen molar-refractivity contribution in [1.29, 1.82) is 0 Å². The van der Waals surface area contributed by atoms with E-state index in [4.69, 9.17) is 14.5 Å². The Kier molecular flexibility index (Phi) is 9.49. The Balaban J connectivity index is 1.55. The first kappa shape index (κ1) is 33.8. The Labute approximate surface area is 271 Å². The van der Waals surface area contributed by atoms with Crippen LogP contribution in [0.15, 0.2) is 30.3 Å². The summed E-state index contributed by atoms with van der Waals surface area (Å²) in [5, 5.41) is 10.5. The van der Waals surface area contributed by atoms with Crippen LogP contribution in [-0.2, 0) is 29.0 Å². The maximum absolute atomic E-state index is 14.7. The van der Waals surface area contributed by atoms with Crippen molar-refractivity contribution < 1.29 is 28.2 Å². The number of halogens is 2. The molecular weight excluding hydrogens is 588 g/mol. The summed E-state index contributed by atoms with van der Waals surface area (Å²) in [6, 6.07) is 8.77. The molecule has 46 heavy (non-hydrogen) atoms. The lowest BCUT2D eigenvalue weighted by Crippen LogP contribution is -2.39. The number of fused-ring (bicyclic) bond motifs is 1. The molecule has 0 aliphatic carbocycles. The number of benzene rings is 2. The first-order chi connectivity index (χ1) is 21.6. The number of aryl methyl sites for hydroxylation is 2. The molecule has 1 N–H and O–H groups in total. The van der Waals surface area contributed by atoms with Gasteiger partial charge in [-0.25, -0.2) is 13.6 Å². The van der Waals surface area contributed by atoms with Gasteiger partial charge in [0, 0.05) is 72.9 Å². The van der Waals surface area contributed by atoms with Gasteiger partial charge in [-0.2, -0.15) is 0 Å². The van der Waals surface area contributed by atoms with Gasteiger partial charge in [0.25, 0.3) is 0 Å². The Morgan fingerprint density at radius 2 is 1.67 bits per heavy atom. The molecule has 3 heterocycles. The third-order valence-corrected chi connectivity index (χ3v) is 9.29. The molecule has 1 atom stereocenters. The van der Waals surface area contributed by atoms with Crippen LogP contribution in [0, 0.1) is 30.9 Å². The number of carboxylic acids is 1. The number of hydrogen-bond acceptors (Lipinski definition) is 6. The van der Waals surface area contributed by atoms with Gasteiger partial charge in [-0.15, -0.1) is 0 Å². The predicted octanol–water partition coefficient (Wildman–Crippen LogP) is 7.78. The maximum Gasteiger partial charge on any atom is 0.337 e. The zero-order valence-corrected chi connectivity index (χ0v) is 28.4. The molecule has 1 aromatic heterocycles. The van der Waals surface area contributed by atoms with Crippen LogP contribution in [0.5, 0.6) is 5.75 Å². The number of aromatic nitrogens is 1. The van der Waals surface area contributed by atoms with E-state index in [2.05, 4.69) is 41.8 Å². The summed E-state index contributed by atoms with van der Waals surface area (Å²) >= 11 is 0. The average molecular weight is 636 g/mol. The predicted molar refractivity (Wildman–Crippen MR) is 176 cm³/mol. The highest BCUT2D eigenvalue weighted by molar-refractivity contribution is 5.88. The number of carboxylic acid groups (broad SMARTS) is 1. The summed E-state index contributed by atoms with van der Waals surface area (Å²) in [5.74, 6) is -2.10. The highest BCUT2D eigenvalue weighted by Crippen LogP contribution is 2.45. The number of aliphatic carboxylic acids is 1. The molecule has 0 amide bonds. The molecule has 5 rings (SSSR count). The van der Waals surface area contributed by atoms with Crippen molar-refractivity contribution in [2.45, 2.75) is 92.5 Å². The van der Waals surface area contributed by atoms with Gasteiger partial charge >= 0.3 is 5.97 Å². The van der Waals surface area contributed by atoms with Crippen LogP contribution in [0.2, 0.25) is 0 Å². The van der Waals surface area contributed by atoms with Crippen molar-refractivity contribution in [3.05, 3.63) is 75.6 Å². The van der Waals surface area contributed by atoms with Gasteiger partial charge in [0.15, 0.2) is 6.10 Å². The van der Waals surface area contributed by atoms with Crippen LogP contribution in [0.1, 0.15) is 87.2 Å². The zero-order chi connectivity index (χ0) is 33.6. The van der Waals surface area contributed by atoms with E-state index in [-0.39, 0.29) is 23.3 Å². The summed E-state index contributed by atoms with van der Waals surface area (Å²) in [5.41, 5.74) is 6.72. The van der Waals surface area contributed by atoms with E-state index >= 15 is 0 Å². The highest BCUT2D eigenvalue weighted by atomic mass is 19.1. The van der Waals surface area contributed by atoms with E-state index < -0.39 is 29.3 Å². The van der Waals surface area contributed by atoms with Crippen molar-refractivity contribution >= 4 is 11.7 Å². The van der Waals surface area contributed by atoms with Crippen LogP contribution in [0.3, 0.4) is 0 Å². The number of piperidine rings is 1. The SMILES string of the molecule is COc1cc(F)c(CN2CCc3cc(-c4c(C)nc(C)c([C@H](OC(C)(C)C)C(=O)O)c4N4CCC(C)(C)CC4)ccc3C2)c(F)c1. The lowest BCUT2D eigenvalue weighted by atomic mass is 9.81. The number of ether oxygens (including phenoxy) is 2. The minimum atomic E-state index is -1.18. The molecule has 0 radical (unpaired) electrons. The number of carbonyl (C=O) groups is 1. The summed E-state index contributed by atoms with van der Waals surface area (Å²) in [6.45, 7) is 17.0. The van der Waals surface area contributed by atoms with Crippen molar-refractivity contribution in [2.75, 3.05) is 31.6 Å². The smallest absolute Gasteiger partial charge is 0.337 e. The maximum atomic E-state index is 14.7. The van der Waals surface area contributed by atoms with Gasteiger partial charge in [-0.1, -0.05) is 32.0 Å². The van der Waals surface area contributed by atoms with Crippen LogP contribution in [-0.4, -0.2) is 53.3 Å². The third-order valence-electron chi connectivity index (χ3n) is 9.29. The van der Waals surface area contributed by atoms with Crippen molar-refractivity contribution in [2.24, 2.45) is 5.41 Å². The summed E-state index contributed by atoms with van der Waals surface area (Å²) in [6.07, 6.45) is 1.51. The molecule has 2 aromatic carbocycles.